The Hall–Kier alpha value is -1.26. The van der Waals surface area contributed by atoms with Gasteiger partial charge in [-0.2, -0.15) is 0 Å². The maximum Gasteiger partial charge on any atom is 0.0929 e. The normalized spacial score (nSPS) is 10.5. The van der Waals surface area contributed by atoms with Gasteiger partial charge in [-0.3, -0.25) is 0 Å². The Morgan fingerprint density at radius 3 is 2.67 bits per heavy atom. The summed E-state index contributed by atoms with van der Waals surface area (Å²) in [7, 11) is 0. The molecule has 2 N–H and O–H groups in total. The number of thioether (sulfide) groups is 1. The SMILES string of the molecule is CSc1ccc(-c2[nH]cnc2CO)cc1. The lowest BCUT2D eigenvalue weighted by Gasteiger charge is -2.01. The summed E-state index contributed by atoms with van der Waals surface area (Å²) in [4.78, 5) is 8.30. The highest BCUT2D eigenvalue weighted by Gasteiger charge is 2.06. The molecular weight excluding hydrogens is 208 g/mol. The topological polar surface area (TPSA) is 48.9 Å². The van der Waals surface area contributed by atoms with Gasteiger partial charge in [0.05, 0.1) is 24.3 Å². The van der Waals surface area contributed by atoms with Gasteiger partial charge in [0.1, 0.15) is 0 Å². The lowest BCUT2D eigenvalue weighted by Crippen LogP contribution is -1.87. The second-order valence-corrected chi connectivity index (χ2v) is 3.99. The third-order valence-electron chi connectivity index (χ3n) is 2.25. The van der Waals surface area contributed by atoms with E-state index in [4.69, 9.17) is 5.11 Å². The van der Waals surface area contributed by atoms with E-state index in [0.29, 0.717) is 5.69 Å². The number of hydrogen-bond acceptors (Lipinski definition) is 3. The molecule has 0 amide bonds. The first-order chi connectivity index (χ1) is 7.35. The Balaban J connectivity index is 2.37. The van der Waals surface area contributed by atoms with Crippen LogP contribution in [0.25, 0.3) is 11.3 Å². The third kappa shape index (κ3) is 2.06. The smallest absolute Gasteiger partial charge is 0.0929 e. The van der Waals surface area contributed by atoms with Crippen molar-refractivity contribution in [1.82, 2.24) is 9.97 Å². The number of nitrogens with zero attached hydrogens (tertiary/aromatic N) is 1. The minimum absolute atomic E-state index is 0.0386. The van der Waals surface area contributed by atoms with Crippen LogP contribution in [0.2, 0.25) is 0 Å². The number of rotatable bonds is 3. The van der Waals surface area contributed by atoms with Crippen LogP contribution in [0, 0.1) is 0 Å². The van der Waals surface area contributed by atoms with Crippen molar-refractivity contribution < 1.29 is 5.11 Å². The molecule has 0 fully saturated rings. The van der Waals surface area contributed by atoms with Gasteiger partial charge in [-0.15, -0.1) is 11.8 Å². The van der Waals surface area contributed by atoms with Crippen molar-refractivity contribution >= 4 is 11.8 Å². The van der Waals surface area contributed by atoms with Crippen LogP contribution in [-0.4, -0.2) is 21.3 Å². The van der Waals surface area contributed by atoms with Crippen LogP contribution in [0.1, 0.15) is 5.69 Å². The van der Waals surface area contributed by atoms with Gasteiger partial charge in [0.15, 0.2) is 0 Å². The Morgan fingerprint density at radius 1 is 1.33 bits per heavy atom. The lowest BCUT2D eigenvalue weighted by atomic mass is 10.1. The van der Waals surface area contributed by atoms with Crippen molar-refractivity contribution in [1.29, 1.82) is 0 Å². The predicted octanol–water partition coefficient (Wildman–Crippen LogP) is 2.29. The molecular formula is C11H12N2OS. The molecule has 4 heteroatoms. The molecule has 0 atom stereocenters. The van der Waals surface area contributed by atoms with E-state index in [9.17, 15) is 0 Å². The Labute approximate surface area is 92.6 Å². The van der Waals surface area contributed by atoms with Crippen molar-refractivity contribution in [3.05, 3.63) is 36.3 Å². The second-order valence-electron chi connectivity index (χ2n) is 3.11. The molecule has 1 heterocycles. The molecule has 1 aromatic carbocycles. The van der Waals surface area contributed by atoms with E-state index < -0.39 is 0 Å². The number of aromatic nitrogens is 2. The fraction of sp³-hybridized carbons (Fsp3) is 0.182. The van der Waals surface area contributed by atoms with E-state index in [-0.39, 0.29) is 6.61 Å². The molecule has 0 unspecified atom stereocenters. The maximum atomic E-state index is 9.08. The molecule has 0 aliphatic heterocycles. The van der Waals surface area contributed by atoms with Gasteiger partial charge in [-0.1, -0.05) is 12.1 Å². The van der Waals surface area contributed by atoms with Gasteiger partial charge < -0.3 is 10.1 Å². The lowest BCUT2D eigenvalue weighted by molar-refractivity contribution is 0.278. The summed E-state index contributed by atoms with van der Waals surface area (Å²) in [6.07, 6.45) is 3.65. The summed E-state index contributed by atoms with van der Waals surface area (Å²) < 4.78 is 0. The van der Waals surface area contributed by atoms with E-state index in [2.05, 4.69) is 22.1 Å². The van der Waals surface area contributed by atoms with Crippen LogP contribution in [0.4, 0.5) is 0 Å². The number of benzene rings is 1. The monoisotopic (exact) mass is 220 g/mol. The van der Waals surface area contributed by atoms with Crippen LogP contribution in [0.15, 0.2) is 35.5 Å². The van der Waals surface area contributed by atoms with E-state index in [1.165, 1.54) is 4.90 Å². The highest BCUT2D eigenvalue weighted by molar-refractivity contribution is 7.98. The molecule has 0 saturated heterocycles. The number of aromatic amines is 1. The van der Waals surface area contributed by atoms with Crippen LogP contribution in [0.3, 0.4) is 0 Å². The molecule has 3 nitrogen and oxygen atoms in total. The summed E-state index contributed by atoms with van der Waals surface area (Å²) in [6, 6.07) is 8.17. The van der Waals surface area contributed by atoms with Crippen molar-refractivity contribution in [3.63, 3.8) is 0 Å². The fourth-order valence-corrected chi connectivity index (χ4v) is 1.86. The summed E-state index contributed by atoms with van der Waals surface area (Å²) >= 11 is 1.71. The highest BCUT2D eigenvalue weighted by atomic mass is 32.2. The van der Waals surface area contributed by atoms with E-state index >= 15 is 0 Å². The van der Waals surface area contributed by atoms with E-state index in [1.807, 2.05) is 18.4 Å². The summed E-state index contributed by atoms with van der Waals surface area (Å²) in [5.41, 5.74) is 2.63. The Bertz CT molecular complexity index is 436. The van der Waals surface area contributed by atoms with Gasteiger partial charge >= 0.3 is 0 Å². The standard InChI is InChI=1S/C11H12N2OS/c1-15-9-4-2-8(3-5-9)11-10(6-14)12-7-13-11/h2-5,7,14H,6H2,1H3,(H,12,13). The largest absolute Gasteiger partial charge is 0.390 e. The molecule has 0 radical (unpaired) electrons. The van der Waals surface area contributed by atoms with Gasteiger partial charge in [-0.05, 0) is 24.0 Å². The number of aliphatic hydroxyl groups is 1. The molecule has 1 aromatic heterocycles. The average molecular weight is 220 g/mol. The summed E-state index contributed by atoms with van der Waals surface area (Å²) in [6.45, 7) is -0.0386. The number of imidazole rings is 1. The molecule has 0 aliphatic rings. The van der Waals surface area contributed by atoms with Gasteiger partial charge in [-0.25, -0.2) is 4.98 Å². The van der Waals surface area contributed by atoms with Crippen molar-refractivity contribution in [2.45, 2.75) is 11.5 Å². The van der Waals surface area contributed by atoms with Crippen LogP contribution in [0.5, 0.6) is 0 Å². The fourth-order valence-electron chi connectivity index (χ4n) is 1.45. The zero-order chi connectivity index (χ0) is 10.7. The second kappa shape index (κ2) is 4.51. The molecule has 0 aliphatic carbocycles. The Kier molecular flexibility index (Phi) is 3.08. The van der Waals surface area contributed by atoms with Crippen LogP contribution < -0.4 is 0 Å². The first-order valence-corrected chi connectivity index (χ1v) is 5.85. The highest BCUT2D eigenvalue weighted by Crippen LogP contribution is 2.23. The molecule has 15 heavy (non-hydrogen) atoms. The Morgan fingerprint density at radius 2 is 2.07 bits per heavy atom. The van der Waals surface area contributed by atoms with Crippen LogP contribution in [-0.2, 0) is 6.61 Å². The molecule has 2 aromatic rings. The van der Waals surface area contributed by atoms with Gasteiger partial charge in [0.2, 0.25) is 0 Å². The summed E-state index contributed by atoms with van der Waals surface area (Å²) in [5.74, 6) is 0. The van der Waals surface area contributed by atoms with E-state index in [1.54, 1.807) is 18.1 Å². The molecule has 0 bridgehead atoms. The predicted molar refractivity (Wildman–Crippen MR) is 61.7 cm³/mol. The van der Waals surface area contributed by atoms with Crippen molar-refractivity contribution in [3.8, 4) is 11.3 Å². The average Bonchev–Trinajstić information content (AvgIpc) is 2.77. The van der Waals surface area contributed by atoms with Crippen molar-refractivity contribution in [2.24, 2.45) is 0 Å². The van der Waals surface area contributed by atoms with Crippen molar-refractivity contribution in [2.75, 3.05) is 6.26 Å². The van der Waals surface area contributed by atoms with E-state index in [0.717, 1.165) is 11.3 Å². The molecule has 0 spiro atoms. The quantitative estimate of drug-likeness (QED) is 0.780. The molecule has 2 rings (SSSR count). The minimum atomic E-state index is -0.0386. The van der Waals surface area contributed by atoms with Gasteiger partial charge in [0, 0.05) is 4.90 Å². The number of nitrogens with one attached hydrogen (secondary N) is 1. The first kappa shape index (κ1) is 10.3. The number of hydrogen-bond donors (Lipinski definition) is 2. The zero-order valence-corrected chi connectivity index (χ0v) is 9.21. The number of H-pyrrole nitrogens is 1. The third-order valence-corrected chi connectivity index (χ3v) is 2.99. The zero-order valence-electron chi connectivity index (χ0n) is 8.40. The summed E-state index contributed by atoms with van der Waals surface area (Å²) in [5, 5.41) is 9.08. The van der Waals surface area contributed by atoms with Crippen LogP contribution >= 0.6 is 11.8 Å². The minimum Gasteiger partial charge on any atom is -0.390 e. The molecule has 78 valence electrons. The van der Waals surface area contributed by atoms with Gasteiger partial charge in [0.25, 0.3) is 0 Å². The molecule has 0 saturated carbocycles. The first-order valence-electron chi connectivity index (χ1n) is 4.62. The number of aliphatic hydroxyl groups excluding tert-OH is 1. The maximum absolute atomic E-state index is 9.08.